The van der Waals surface area contributed by atoms with Crippen molar-refractivity contribution in [3.63, 3.8) is 0 Å². The molecule has 2 N–H and O–H groups in total. The number of hydrogen-bond donors (Lipinski definition) is 2. The number of benzene rings is 3. The van der Waals surface area contributed by atoms with E-state index >= 15 is 0 Å². The molecule has 0 atom stereocenters. The van der Waals surface area contributed by atoms with Gasteiger partial charge in [-0.2, -0.15) is 5.10 Å². The van der Waals surface area contributed by atoms with Crippen molar-refractivity contribution in [3.05, 3.63) is 95.0 Å². The summed E-state index contributed by atoms with van der Waals surface area (Å²) in [6.45, 7) is -0.149. The lowest BCUT2D eigenvalue weighted by Crippen LogP contribution is -2.38. The van der Waals surface area contributed by atoms with Gasteiger partial charge in [0.15, 0.2) is 6.61 Å². The highest BCUT2D eigenvalue weighted by Gasteiger charge is 2.20. The number of nitrogens with zero attached hydrogens (tertiary/aromatic N) is 2. The quantitative estimate of drug-likeness (QED) is 0.293. The summed E-state index contributed by atoms with van der Waals surface area (Å²) in [5.74, 6) is -0.361. The molecule has 0 saturated carbocycles. The zero-order chi connectivity index (χ0) is 26.0. The zero-order valence-electron chi connectivity index (χ0n) is 19.4. The molecule has 3 aromatic carbocycles. The van der Waals surface area contributed by atoms with Gasteiger partial charge in [-0.25, -0.2) is 13.8 Å². The Labute approximate surface area is 214 Å². The van der Waals surface area contributed by atoms with E-state index in [9.17, 15) is 18.0 Å². The number of anilines is 1. The van der Waals surface area contributed by atoms with Gasteiger partial charge in [-0.3, -0.25) is 13.9 Å². The van der Waals surface area contributed by atoms with E-state index in [0.29, 0.717) is 28.6 Å². The number of ether oxygens (including phenoxy) is 1. The first kappa shape index (κ1) is 26.7. The average molecular weight is 529 g/mol. The Hall–Kier alpha value is -3.89. The monoisotopic (exact) mass is 528 g/mol. The molecule has 3 aromatic rings. The molecule has 9 nitrogen and oxygen atoms in total. The molecular formula is C25H25ClN4O5S. The first-order valence-electron chi connectivity index (χ1n) is 10.8. The van der Waals surface area contributed by atoms with E-state index in [1.807, 2.05) is 30.3 Å². The number of rotatable bonds is 11. The Morgan fingerprint density at radius 3 is 2.28 bits per heavy atom. The second-order valence-electron chi connectivity index (χ2n) is 7.66. The Balaban J connectivity index is 1.46. The molecule has 0 heterocycles. The largest absolute Gasteiger partial charge is 0.484 e. The number of hydrazone groups is 1. The fourth-order valence-corrected chi connectivity index (χ4v) is 3.98. The van der Waals surface area contributed by atoms with Crippen LogP contribution in [0.1, 0.15) is 11.1 Å². The van der Waals surface area contributed by atoms with Gasteiger partial charge in [-0.15, -0.1) is 0 Å². The average Bonchev–Trinajstić information content (AvgIpc) is 2.86. The van der Waals surface area contributed by atoms with Crippen molar-refractivity contribution in [3.8, 4) is 5.75 Å². The third kappa shape index (κ3) is 8.71. The normalized spacial score (nSPS) is 11.2. The third-order valence-corrected chi connectivity index (χ3v) is 6.18. The van der Waals surface area contributed by atoms with Gasteiger partial charge in [0.25, 0.3) is 11.8 Å². The summed E-state index contributed by atoms with van der Waals surface area (Å²) in [5, 5.41) is 7.10. The fraction of sp³-hybridized carbons (Fsp3) is 0.160. The van der Waals surface area contributed by atoms with Gasteiger partial charge < -0.3 is 10.1 Å². The molecule has 0 aromatic heterocycles. The summed E-state index contributed by atoms with van der Waals surface area (Å²) < 4.78 is 30.7. The van der Waals surface area contributed by atoms with Gasteiger partial charge in [0, 0.05) is 11.6 Å². The highest BCUT2D eigenvalue weighted by Crippen LogP contribution is 2.20. The van der Waals surface area contributed by atoms with Crippen LogP contribution in [0.25, 0.3) is 0 Å². The highest BCUT2D eigenvalue weighted by molar-refractivity contribution is 7.92. The molecule has 0 fully saturated rings. The minimum absolute atomic E-state index is 0.124. The van der Waals surface area contributed by atoms with Crippen LogP contribution in [0.2, 0.25) is 5.02 Å². The molecule has 0 saturated heterocycles. The van der Waals surface area contributed by atoms with Gasteiger partial charge in [-0.05, 0) is 59.7 Å². The topological polar surface area (TPSA) is 117 Å². The zero-order valence-corrected chi connectivity index (χ0v) is 21.0. The van der Waals surface area contributed by atoms with E-state index in [2.05, 4.69) is 15.8 Å². The van der Waals surface area contributed by atoms with Crippen LogP contribution in [-0.2, 0) is 26.2 Å². The second-order valence-corrected chi connectivity index (χ2v) is 10.0. The Bertz CT molecular complexity index is 1300. The van der Waals surface area contributed by atoms with E-state index in [-0.39, 0.29) is 12.5 Å². The molecule has 11 heteroatoms. The van der Waals surface area contributed by atoms with Crippen LogP contribution in [-0.4, -0.2) is 45.9 Å². The smallest absolute Gasteiger partial charge is 0.260 e. The van der Waals surface area contributed by atoms with Crippen LogP contribution in [0.3, 0.4) is 0 Å². The van der Waals surface area contributed by atoms with Gasteiger partial charge in [-0.1, -0.05) is 41.9 Å². The van der Waals surface area contributed by atoms with Crippen LogP contribution >= 0.6 is 11.6 Å². The molecule has 3 rings (SSSR count). The first-order chi connectivity index (χ1) is 17.2. The SMILES string of the molecule is CS(=O)(=O)N(CC(=O)N/N=C\c1ccc(OCC(=O)NCc2ccccc2)cc1)c1ccc(Cl)cc1. The molecule has 0 aliphatic carbocycles. The molecule has 0 spiro atoms. The van der Waals surface area contributed by atoms with Gasteiger partial charge in [0.1, 0.15) is 12.3 Å². The van der Waals surface area contributed by atoms with E-state index in [1.54, 1.807) is 24.3 Å². The fourth-order valence-electron chi connectivity index (χ4n) is 3.00. The predicted molar refractivity (Wildman–Crippen MR) is 140 cm³/mol. The maximum Gasteiger partial charge on any atom is 0.260 e. The Morgan fingerprint density at radius 2 is 1.64 bits per heavy atom. The summed E-state index contributed by atoms with van der Waals surface area (Å²) in [6, 6.07) is 22.4. The predicted octanol–water partition coefficient (Wildman–Crippen LogP) is 2.95. The molecule has 0 unspecified atom stereocenters. The standard InChI is InChI=1S/C25H25ClN4O5S/c1-36(33,34)30(22-11-9-21(26)10-12-22)17-24(31)29-28-16-20-7-13-23(14-8-20)35-18-25(32)27-15-19-5-3-2-4-6-19/h2-14,16H,15,17-18H2,1H3,(H,27,32)(H,29,31)/b28-16-. The van der Waals surface area contributed by atoms with Crippen LogP contribution in [0.15, 0.2) is 84.0 Å². The van der Waals surface area contributed by atoms with Crippen molar-refractivity contribution in [2.24, 2.45) is 5.10 Å². The second kappa shape index (κ2) is 12.7. The molecule has 0 radical (unpaired) electrons. The summed E-state index contributed by atoms with van der Waals surface area (Å²) in [6.07, 6.45) is 2.41. The van der Waals surface area contributed by atoms with Crippen molar-refractivity contribution in [1.82, 2.24) is 10.7 Å². The van der Waals surface area contributed by atoms with Crippen molar-refractivity contribution in [2.75, 3.05) is 23.7 Å². The van der Waals surface area contributed by atoms with E-state index in [1.165, 1.54) is 30.5 Å². The lowest BCUT2D eigenvalue weighted by molar-refractivity contribution is -0.123. The molecule has 188 valence electrons. The van der Waals surface area contributed by atoms with Gasteiger partial charge in [0.05, 0.1) is 18.2 Å². The van der Waals surface area contributed by atoms with Crippen LogP contribution in [0, 0.1) is 0 Å². The van der Waals surface area contributed by atoms with E-state index < -0.39 is 22.5 Å². The molecule has 2 amide bonds. The molecular weight excluding hydrogens is 504 g/mol. The molecule has 0 bridgehead atoms. The van der Waals surface area contributed by atoms with Gasteiger partial charge in [0.2, 0.25) is 10.0 Å². The highest BCUT2D eigenvalue weighted by atomic mass is 35.5. The maximum absolute atomic E-state index is 12.3. The summed E-state index contributed by atoms with van der Waals surface area (Å²) in [5.41, 5.74) is 4.28. The van der Waals surface area contributed by atoms with Crippen molar-refractivity contribution in [1.29, 1.82) is 0 Å². The Kier molecular flexibility index (Phi) is 9.43. The number of carbonyl (C=O) groups excluding carboxylic acids is 2. The number of sulfonamides is 1. The summed E-state index contributed by atoms with van der Waals surface area (Å²) in [7, 11) is -3.70. The third-order valence-electron chi connectivity index (χ3n) is 4.79. The molecule has 36 heavy (non-hydrogen) atoms. The first-order valence-corrected chi connectivity index (χ1v) is 13.0. The summed E-state index contributed by atoms with van der Waals surface area (Å²) in [4.78, 5) is 24.2. The minimum atomic E-state index is -3.70. The number of hydrogen-bond acceptors (Lipinski definition) is 6. The van der Waals surface area contributed by atoms with Crippen LogP contribution in [0.4, 0.5) is 5.69 Å². The lowest BCUT2D eigenvalue weighted by atomic mass is 10.2. The van der Waals surface area contributed by atoms with Crippen molar-refractivity contribution < 1.29 is 22.7 Å². The number of nitrogens with one attached hydrogen (secondary N) is 2. The summed E-state index contributed by atoms with van der Waals surface area (Å²) >= 11 is 5.85. The Morgan fingerprint density at radius 1 is 0.972 bits per heavy atom. The van der Waals surface area contributed by atoms with Crippen molar-refractivity contribution in [2.45, 2.75) is 6.54 Å². The minimum Gasteiger partial charge on any atom is -0.484 e. The number of carbonyl (C=O) groups is 2. The molecule has 0 aliphatic rings. The van der Waals surface area contributed by atoms with E-state index in [4.69, 9.17) is 16.3 Å². The number of amides is 2. The van der Waals surface area contributed by atoms with Crippen LogP contribution in [0.5, 0.6) is 5.75 Å². The van der Waals surface area contributed by atoms with Crippen LogP contribution < -0.4 is 19.8 Å². The van der Waals surface area contributed by atoms with Gasteiger partial charge >= 0.3 is 0 Å². The maximum atomic E-state index is 12.3. The molecule has 0 aliphatic heterocycles. The number of halogens is 1. The lowest BCUT2D eigenvalue weighted by Gasteiger charge is -2.21. The van der Waals surface area contributed by atoms with Crippen molar-refractivity contribution >= 4 is 45.3 Å². The van der Waals surface area contributed by atoms with E-state index in [0.717, 1.165) is 16.1 Å².